The summed E-state index contributed by atoms with van der Waals surface area (Å²) >= 11 is 1.83. The fourth-order valence-electron chi connectivity index (χ4n) is 4.77. The number of rotatable bonds is 9. The molecule has 0 amide bonds. The minimum atomic E-state index is 0.291. The molecule has 4 heterocycles. The van der Waals surface area contributed by atoms with Gasteiger partial charge in [0.2, 0.25) is 0 Å². The van der Waals surface area contributed by atoms with Crippen LogP contribution in [-0.4, -0.2) is 51.2 Å². The number of likely N-dealkylation sites (tertiary alicyclic amines) is 1. The lowest BCUT2D eigenvalue weighted by molar-refractivity contribution is 0.0931. The van der Waals surface area contributed by atoms with E-state index in [4.69, 9.17) is 14.3 Å². The maximum atomic E-state index is 5.97. The van der Waals surface area contributed by atoms with Crippen molar-refractivity contribution in [2.24, 2.45) is 0 Å². The number of benzene rings is 1. The van der Waals surface area contributed by atoms with E-state index in [9.17, 15) is 0 Å². The van der Waals surface area contributed by atoms with Crippen molar-refractivity contribution >= 4 is 11.8 Å². The summed E-state index contributed by atoms with van der Waals surface area (Å²) in [6.07, 6.45) is 9.47. The van der Waals surface area contributed by atoms with Crippen molar-refractivity contribution in [2.75, 3.05) is 25.4 Å². The molecule has 0 radical (unpaired) electrons. The Morgan fingerprint density at radius 2 is 1.88 bits per heavy atom. The monoisotopic (exact) mass is 452 g/mol. The second-order valence-electron chi connectivity index (χ2n) is 8.85. The molecular formula is C25H32N4O2S. The van der Waals surface area contributed by atoms with Crippen molar-refractivity contribution in [3.63, 3.8) is 0 Å². The number of ether oxygens (including phenoxy) is 1. The van der Waals surface area contributed by atoms with Gasteiger partial charge in [-0.3, -0.25) is 4.90 Å². The molecule has 0 N–H and O–H groups in total. The highest BCUT2D eigenvalue weighted by atomic mass is 32.2. The van der Waals surface area contributed by atoms with Gasteiger partial charge in [-0.05, 0) is 56.8 Å². The van der Waals surface area contributed by atoms with Crippen molar-refractivity contribution < 1.29 is 9.15 Å². The van der Waals surface area contributed by atoms with Crippen LogP contribution >= 0.6 is 11.8 Å². The van der Waals surface area contributed by atoms with E-state index in [0.29, 0.717) is 12.0 Å². The highest BCUT2D eigenvalue weighted by Gasteiger charge is 2.28. The fraction of sp³-hybridized carbons (Fsp3) is 0.520. The van der Waals surface area contributed by atoms with Crippen LogP contribution in [0.3, 0.4) is 0 Å². The zero-order valence-electron chi connectivity index (χ0n) is 18.6. The first-order valence-electron chi connectivity index (χ1n) is 11.8. The summed E-state index contributed by atoms with van der Waals surface area (Å²) in [5.74, 6) is 2.63. The van der Waals surface area contributed by atoms with Crippen LogP contribution in [0, 0.1) is 0 Å². The minimum Gasteiger partial charge on any atom is -0.472 e. The molecule has 3 aromatic rings. The Morgan fingerprint density at radius 1 is 1.00 bits per heavy atom. The van der Waals surface area contributed by atoms with Crippen LogP contribution < -0.4 is 0 Å². The first kappa shape index (κ1) is 21.7. The van der Waals surface area contributed by atoms with Crippen LogP contribution in [0.25, 0.3) is 0 Å². The molecule has 0 saturated carbocycles. The maximum absolute atomic E-state index is 5.97. The van der Waals surface area contributed by atoms with Gasteiger partial charge >= 0.3 is 0 Å². The molecule has 0 unspecified atom stereocenters. The second kappa shape index (κ2) is 10.7. The Balaban J connectivity index is 1.24. The third kappa shape index (κ3) is 5.45. The SMILES string of the molecule is c1ccc(CCSc2nnc(C3CCN(Cc4ccoc4)CC3)n2C[C@@H]2CCCO2)cc1. The van der Waals surface area contributed by atoms with Gasteiger partial charge in [0.25, 0.3) is 0 Å². The van der Waals surface area contributed by atoms with Crippen molar-refractivity contribution in [1.29, 1.82) is 0 Å². The molecule has 1 atom stereocenters. The van der Waals surface area contributed by atoms with Crippen LogP contribution in [0.1, 0.15) is 48.6 Å². The molecule has 2 aliphatic rings. The zero-order chi connectivity index (χ0) is 21.6. The molecule has 2 fully saturated rings. The molecule has 2 aromatic heterocycles. The maximum Gasteiger partial charge on any atom is 0.191 e. The smallest absolute Gasteiger partial charge is 0.191 e. The van der Waals surface area contributed by atoms with Gasteiger partial charge in [0, 0.05) is 30.4 Å². The number of hydrogen-bond donors (Lipinski definition) is 0. The van der Waals surface area contributed by atoms with Gasteiger partial charge in [-0.2, -0.15) is 0 Å². The number of piperidine rings is 1. The second-order valence-corrected chi connectivity index (χ2v) is 9.91. The standard InChI is InChI=1S/C25H32N4O2S/c1-2-5-20(6-3-1)11-16-32-25-27-26-24(29(25)18-23-7-4-14-31-23)22-8-12-28(13-9-22)17-21-10-15-30-19-21/h1-3,5-6,10,15,19,22-23H,4,7-9,11-14,16-18H2/t23-/m0/s1. The van der Waals surface area contributed by atoms with E-state index in [1.807, 2.05) is 18.0 Å². The molecule has 5 rings (SSSR count). The Labute approximate surface area is 194 Å². The number of thioether (sulfide) groups is 1. The molecule has 32 heavy (non-hydrogen) atoms. The molecule has 170 valence electrons. The molecule has 2 aliphatic heterocycles. The van der Waals surface area contributed by atoms with Crippen molar-refractivity contribution in [3.8, 4) is 0 Å². The molecule has 6 nitrogen and oxygen atoms in total. The van der Waals surface area contributed by atoms with E-state index in [2.05, 4.69) is 51.0 Å². The normalized spacial score (nSPS) is 20.2. The lowest BCUT2D eigenvalue weighted by Crippen LogP contribution is -2.33. The summed E-state index contributed by atoms with van der Waals surface area (Å²) in [7, 11) is 0. The predicted octanol–water partition coefficient (Wildman–Crippen LogP) is 4.76. The van der Waals surface area contributed by atoms with E-state index in [0.717, 1.165) is 81.6 Å². The van der Waals surface area contributed by atoms with Gasteiger partial charge in [0.1, 0.15) is 5.82 Å². The van der Waals surface area contributed by atoms with Crippen LogP contribution in [0.2, 0.25) is 0 Å². The Morgan fingerprint density at radius 3 is 2.62 bits per heavy atom. The molecule has 7 heteroatoms. The first-order chi connectivity index (χ1) is 15.8. The molecule has 0 spiro atoms. The van der Waals surface area contributed by atoms with Crippen molar-refractivity contribution in [3.05, 3.63) is 65.9 Å². The largest absolute Gasteiger partial charge is 0.472 e. The van der Waals surface area contributed by atoms with E-state index < -0.39 is 0 Å². The van der Waals surface area contributed by atoms with Gasteiger partial charge in [-0.15, -0.1) is 10.2 Å². The Hall–Kier alpha value is -2.09. The molecule has 2 saturated heterocycles. The quantitative estimate of drug-likeness (QED) is 0.436. The summed E-state index contributed by atoms with van der Waals surface area (Å²) in [6, 6.07) is 12.7. The van der Waals surface area contributed by atoms with Gasteiger partial charge in [0.15, 0.2) is 5.16 Å². The summed E-state index contributed by atoms with van der Waals surface area (Å²) in [6.45, 7) is 4.89. The minimum absolute atomic E-state index is 0.291. The van der Waals surface area contributed by atoms with Gasteiger partial charge in [-0.25, -0.2) is 0 Å². The third-order valence-corrected chi connectivity index (χ3v) is 7.53. The van der Waals surface area contributed by atoms with E-state index >= 15 is 0 Å². The summed E-state index contributed by atoms with van der Waals surface area (Å²) in [5.41, 5.74) is 2.62. The molecule has 0 aliphatic carbocycles. The number of aromatic nitrogens is 3. The lowest BCUT2D eigenvalue weighted by atomic mass is 9.95. The lowest BCUT2D eigenvalue weighted by Gasteiger charge is -2.31. The highest BCUT2D eigenvalue weighted by molar-refractivity contribution is 7.99. The van der Waals surface area contributed by atoms with E-state index in [1.54, 1.807) is 6.26 Å². The van der Waals surface area contributed by atoms with Crippen LogP contribution in [0.15, 0.2) is 58.5 Å². The van der Waals surface area contributed by atoms with Crippen LogP contribution in [-0.2, 0) is 24.2 Å². The fourth-order valence-corrected chi connectivity index (χ4v) is 5.71. The third-order valence-electron chi connectivity index (χ3n) is 6.56. The summed E-state index contributed by atoms with van der Waals surface area (Å²) in [5, 5.41) is 10.4. The number of nitrogens with zero attached hydrogens (tertiary/aromatic N) is 4. The van der Waals surface area contributed by atoms with Crippen molar-refractivity contribution in [1.82, 2.24) is 19.7 Å². The average molecular weight is 453 g/mol. The van der Waals surface area contributed by atoms with E-state index in [-0.39, 0.29) is 0 Å². The summed E-state index contributed by atoms with van der Waals surface area (Å²) in [4.78, 5) is 2.51. The first-order valence-corrected chi connectivity index (χ1v) is 12.8. The predicted molar refractivity (Wildman–Crippen MR) is 126 cm³/mol. The molecular weight excluding hydrogens is 420 g/mol. The molecule has 0 bridgehead atoms. The van der Waals surface area contributed by atoms with E-state index in [1.165, 1.54) is 11.1 Å². The zero-order valence-corrected chi connectivity index (χ0v) is 19.4. The van der Waals surface area contributed by atoms with Gasteiger partial charge < -0.3 is 13.7 Å². The Bertz CT molecular complexity index is 946. The molecule has 1 aromatic carbocycles. The number of hydrogen-bond acceptors (Lipinski definition) is 6. The number of furan rings is 1. The van der Waals surface area contributed by atoms with Crippen molar-refractivity contribution in [2.45, 2.75) is 62.4 Å². The Kier molecular flexibility index (Phi) is 7.26. The highest BCUT2D eigenvalue weighted by Crippen LogP contribution is 2.31. The van der Waals surface area contributed by atoms with Crippen LogP contribution in [0.5, 0.6) is 0 Å². The number of aryl methyl sites for hydroxylation is 1. The topological polar surface area (TPSA) is 56.3 Å². The van der Waals surface area contributed by atoms with Gasteiger partial charge in [0.05, 0.1) is 25.2 Å². The average Bonchev–Trinajstić information content (AvgIpc) is 3.59. The van der Waals surface area contributed by atoms with Crippen LogP contribution in [0.4, 0.5) is 0 Å². The summed E-state index contributed by atoms with van der Waals surface area (Å²) < 4.78 is 13.6. The van der Waals surface area contributed by atoms with Gasteiger partial charge in [-0.1, -0.05) is 42.1 Å².